The number of hydrogen-bond acceptors (Lipinski definition) is 2. The maximum atomic E-state index is 5.67. The van der Waals surface area contributed by atoms with Crippen LogP contribution in [0, 0.1) is 6.92 Å². The van der Waals surface area contributed by atoms with Crippen LogP contribution in [0.1, 0.15) is 38.8 Å². The van der Waals surface area contributed by atoms with Gasteiger partial charge in [0.2, 0.25) is 0 Å². The molecule has 0 saturated carbocycles. The second kappa shape index (κ2) is 11.5. The van der Waals surface area contributed by atoms with E-state index in [-0.39, 0.29) is 0 Å². The lowest BCUT2D eigenvalue weighted by Crippen LogP contribution is -1.94. The number of hydrogen-bond donors (Lipinski definition) is 1. The van der Waals surface area contributed by atoms with E-state index < -0.39 is 0 Å². The first-order valence-corrected chi connectivity index (χ1v) is 5.76. The van der Waals surface area contributed by atoms with E-state index in [9.17, 15) is 0 Å². The van der Waals surface area contributed by atoms with Crippen molar-refractivity contribution >= 4 is 11.9 Å². The molecular formula is C14H24N2. The topological polar surface area (TPSA) is 38.9 Å². The Bertz CT molecular complexity index is 294. The van der Waals surface area contributed by atoms with Gasteiger partial charge in [0, 0.05) is 11.8 Å². The molecule has 16 heavy (non-hydrogen) atoms. The molecule has 1 aromatic rings. The fourth-order valence-corrected chi connectivity index (χ4v) is 0.972. The lowest BCUT2D eigenvalue weighted by Gasteiger charge is -2.01. The molecule has 0 aliphatic heterocycles. The average Bonchev–Trinajstić information content (AvgIpc) is 2.34. The molecule has 1 aromatic heterocycles. The number of aromatic nitrogens is 1. The van der Waals surface area contributed by atoms with E-state index in [0.29, 0.717) is 5.82 Å². The number of nitrogens with zero attached hydrogens (tertiary/aromatic N) is 1. The highest BCUT2D eigenvalue weighted by Crippen LogP contribution is 2.14. The molecule has 1 heterocycles. The third-order valence-corrected chi connectivity index (χ3v) is 1.64. The SMILES string of the molecule is C=C/C=C\c1c(C)ccnc1N.CC.CC. The first-order valence-electron chi connectivity index (χ1n) is 5.76. The van der Waals surface area contributed by atoms with E-state index in [1.807, 2.05) is 52.8 Å². The van der Waals surface area contributed by atoms with Gasteiger partial charge in [-0.1, -0.05) is 52.5 Å². The van der Waals surface area contributed by atoms with Crippen molar-refractivity contribution < 1.29 is 0 Å². The lowest BCUT2D eigenvalue weighted by atomic mass is 10.1. The molecular weight excluding hydrogens is 196 g/mol. The zero-order valence-electron chi connectivity index (χ0n) is 11.1. The quantitative estimate of drug-likeness (QED) is 0.758. The maximum absolute atomic E-state index is 5.67. The summed E-state index contributed by atoms with van der Waals surface area (Å²) in [4.78, 5) is 3.99. The number of anilines is 1. The van der Waals surface area contributed by atoms with Crippen molar-refractivity contribution in [3.63, 3.8) is 0 Å². The Hall–Kier alpha value is -1.57. The predicted molar refractivity (Wildman–Crippen MR) is 75.3 cm³/mol. The molecule has 0 radical (unpaired) electrons. The van der Waals surface area contributed by atoms with E-state index >= 15 is 0 Å². The van der Waals surface area contributed by atoms with Crippen LogP contribution in [0.3, 0.4) is 0 Å². The minimum atomic E-state index is 0.563. The molecule has 0 unspecified atom stereocenters. The van der Waals surface area contributed by atoms with Crippen LogP contribution >= 0.6 is 0 Å². The van der Waals surface area contributed by atoms with Gasteiger partial charge in [-0.25, -0.2) is 4.98 Å². The molecule has 0 amide bonds. The molecule has 0 bridgehead atoms. The number of rotatable bonds is 2. The van der Waals surface area contributed by atoms with Crippen molar-refractivity contribution in [3.8, 4) is 0 Å². The Morgan fingerprint density at radius 2 is 1.81 bits per heavy atom. The van der Waals surface area contributed by atoms with Crippen LogP contribution in [-0.4, -0.2) is 4.98 Å². The summed E-state index contributed by atoms with van der Waals surface area (Å²) in [6.45, 7) is 13.6. The van der Waals surface area contributed by atoms with Gasteiger partial charge in [-0.3, -0.25) is 0 Å². The Balaban J connectivity index is 0. The van der Waals surface area contributed by atoms with E-state index in [4.69, 9.17) is 5.73 Å². The third kappa shape index (κ3) is 6.02. The normalized spacial score (nSPS) is 8.56. The minimum absolute atomic E-state index is 0.563. The molecule has 90 valence electrons. The van der Waals surface area contributed by atoms with Crippen molar-refractivity contribution in [3.05, 3.63) is 42.1 Å². The van der Waals surface area contributed by atoms with Crippen molar-refractivity contribution in [2.45, 2.75) is 34.6 Å². The summed E-state index contributed by atoms with van der Waals surface area (Å²) in [6, 6.07) is 1.93. The second-order valence-electron chi connectivity index (χ2n) is 2.52. The highest BCUT2D eigenvalue weighted by atomic mass is 14.8. The monoisotopic (exact) mass is 220 g/mol. The molecule has 0 fully saturated rings. The van der Waals surface area contributed by atoms with Crippen molar-refractivity contribution in [2.24, 2.45) is 0 Å². The fraction of sp³-hybridized carbons (Fsp3) is 0.357. The maximum Gasteiger partial charge on any atom is 0.130 e. The van der Waals surface area contributed by atoms with Gasteiger partial charge >= 0.3 is 0 Å². The third-order valence-electron chi connectivity index (χ3n) is 1.64. The summed E-state index contributed by atoms with van der Waals surface area (Å²) < 4.78 is 0. The van der Waals surface area contributed by atoms with Gasteiger partial charge in [0.1, 0.15) is 5.82 Å². The van der Waals surface area contributed by atoms with Gasteiger partial charge < -0.3 is 5.73 Å². The van der Waals surface area contributed by atoms with Gasteiger partial charge in [-0.15, -0.1) is 0 Å². The summed E-state index contributed by atoms with van der Waals surface area (Å²) in [5.74, 6) is 0.563. The van der Waals surface area contributed by atoms with Crippen molar-refractivity contribution in [2.75, 3.05) is 5.73 Å². The zero-order valence-corrected chi connectivity index (χ0v) is 11.1. The number of nitrogens with two attached hydrogens (primary N) is 1. The Morgan fingerprint density at radius 1 is 1.25 bits per heavy atom. The lowest BCUT2D eigenvalue weighted by molar-refractivity contribution is 1.28. The van der Waals surface area contributed by atoms with Gasteiger partial charge in [0.25, 0.3) is 0 Å². The molecule has 0 aliphatic carbocycles. The molecule has 0 atom stereocenters. The molecule has 2 N–H and O–H groups in total. The molecule has 2 nitrogen and oxygen atoms in total. The number of pyridine rings is 1. The first kappa shape index (κ1) is 16.8. The van der Waals surface area contributed by atoms with Crippen LogP contribution in [0.25, 0.3) is 6.08 Å². The number of aryl methyl sites for hydroxylation is 1. The molecule has 0 aliphatic rings. The van der Waals surface area contributed by atoms with Crippen LogP contribution < -0.4 is 5.73 Å². The Kier molecular flexibility index (Phi) is 12.1. The first-order chi connectivity index (χ1) is 7.75. The van der Waals surface area contributed by atoms with E-state index in [2.05, 4.69) is 11.6 Å². The largest absolute Gasteiger partial charge is 0.383 e. The Morgan fingerprint density at radius 3 is 2.25 bits per heavy atom. The summed E-state index contributed by atoms with van der Waals surface area (Å²) >= 11 is 0. The molecule has 0 aromatic carbocycles. The second-order valence-corrected chi connectivity index (χ2v) is 2.52. The van der Waals surface area contributed by atoms with Crippen LogP contribution in [0.4, 0.5) is 5.82 Å². The number of allylic oxidation sites excluding steroid dienone is 2. The molecule has 1 rings (SSSR count). The van der Waals surface area contributed by atoms with Crippen LogP contribution in [0.2, 0.25) is 0 Å². The van der Waals surface area contributed by atoms with Gasteiger partial charge in [0.15, 0.2) is 0 Å². The smallest absolute Gasteiger partial charge is 0.130 e. The summed E-state index contributed by atoms with van der Waals surface area (Å²) in [5, 5.41) is 0. The average molecular weight is 220 g/mol. The highest BCUT2D eigenvalue weighted by Gasteiger charge is 1.97. The summed E-state index contributed by atoms with van der Waals surface area (Å²) in [7, 11) is 0. The van der Waals surface area contributed by atoms with E-state index in [1.54, 1.807) is 12.3 Å². The highest BCUT2D eigenvalue weighted by molar-refractivity contribution is 5.64. The molecule has 0 saturated heterocycles. The number of nitrogen functional groups attached to an aromatic ring is 1. The summed E-state index contributed by atoms with van der Waals surface area (Å²) in [6.07, 6.45) is 7.17. The van der Waals surface area contributed by atoms with Gasteiger partial charge in [-0.2, -0.15) is 0 Å². The standard InChI is InChI=1S/C10H12N2.2C2H6/c1-3-4-5-9-8(2)6-7-12-10(9)11;2*1-2/h3-7H,1H2,2H3,(H2,11,12);2*1-2H3/b5-4-;;. The van der Waals surface area contributed by atoms with E-state index in [1.165, 1.54) is 0 Å². The van der Waals surface area contributed by atoms with Crippen LogP contribution in [0.15, 0.2) is 31.0 Å². The Labute approximate surface area is 99.9 Å². The minimum Gasteiger partial charge on any atom is -0.383 e. The molecule has 0 spiro atoms. The van der Waals surface area contributed by atoms with Crippen LogP contribution in [0.5, 0.6) is 0 Å². The van der Waals surface area contributed by atoms with E-state index in [0.717, 1.165) is 11.1 Å². The summed E-state index contributed by atoms with van der Waals surface area (Å²) in [5.41, 5.74) is 7.76. The van der Waals surface area contributed by atoms with Gasteiger partial charge in [0.05, 0.1) is 0 Å². The van der Waals surface area contributed by atoms with Gasteiger partial charge in [-0.05, 0) is 18.6 Å². The predicted octanol–water partition coefficient (Wildman–Crippen LogP) is 4.22. The molecule has 2 heteroatoms. The van der Waals surface area contributed by atoms with Crippen LogP contribution in [-0.2, 0) is 0 Å². The zero-order chi connectivity index (χ0) is 13.0. The van der Waals surface area contributed by atoms with Crippen molar-refractivity contribution in [1.29, 1.82) is 0 Å². The van der Waals surface area contributed by atoms with Crippen molar-refractivity contribution in [1.82, 2.24) is 4.98 Å². The fourth-order valence-electron chi connectivity index (χ4n) is 0.972.